The highest BCUT2D eigenvalue weighted by Gasteiger charge is 2.08. The highest BCUT2D eigenvalue weighted by Crippen LogP contribution is 2.15. The topological polar surface area (TPSA) is 116 Å². The van der Waals surface area contributed by atoms with Crippen LogP contribution in [-0.2, 0) is 4.79 Å². The number of nitriles is 1. The third-order valence-corrected chi connectivity index (χ3v) is 1.92. The van der Waals surface area contributed by atoms with E-state index in [0.717, 1.165) is 6.20 Å². The number of hydrogen-bond acceptors (Lipinski definition) is 4. The number of anilines is 1. The van der Waals surface area contributed by atoms with Gasteiger partial charge in [0.05, 0.1) is 11.3 Å². The lowest BCUT2D eigenvalue weighted by atomic mass is 10.2. The molecule has 4 N–H and O–H groups in total. The maximum atomic E-state index is 10.9. The van der Waals surface area contributed by atoms with Crippen molar-refractivity contribution in [2.75, 3.05) is 5.32 Å². The minimum absolute atomic E-state index is 0.0329. The van der Waals surface area contributed by atoms with Crippen LogP contribution < -0.4 is 11.1 Å². The highest BCUT2D eigenvalue weighted by atomic mass is 16.4. The number of primary amides is 1. The number of carboxylic acids is 1. The Hall–Kier alpha value is -2.81. The number of rotatable bonds is 4. The molecule has 6 heteroatoms. The second kappa shape index (κ2) is 5.32. The first-order chi connectivity index (χ1) is 8.06. The molecule has 17 heavy (non-hydrogen) atoms. The lowest BCUT2D eigenvalue weighted by Gasteiger charge is -2.04. The Labute approximate surface area is 97.0 Å². The van der Waals surface area contributed by atoms with E-state index in [-0.39, 0.29) is 16.8 Å². The fraction of sp³-hybridized carbons (Fsp3) is 0. The van der Waals surface area contributed by atoms with Gasteiger partial charge in [-0.05, 0) is 12.1 Å². The average molecular weight is 231 g/mol. The zero-order chi connectivity index (χ0) is 12.8. The van der Waals surface area contributed by atoms with Gasteiger partial charge in [0.2, 0.25) is 0 Å². The summed E-state index contributed by atoms with van der Waals surface area (Å²) in [4.78, 5) is 21.6. The van der Waals surface area contributed by atoms with Crippen LogP contribution in [0.3, 0.4) is 0 Å². The van der Waals surface area contributed by atoms with E-state index in [0.29, 0.717) is 0 Å². The molecule has 0 fully saturated rings. The number of nitrogens with zero attached hydrogens (tertiary/aromatic N) is 1. The molecule has 1 aromatic rings. The summed E-state index contributed by atoms with van der Waals surface area (Å²) >= 11 is 0. The largest absolute Gasteiger partial charge is 0.478 e. The maximum absolute atomic E-state index is 10.9. The zero-order valence-electron chi connectivity index (χ0n) is 8.68. The van der Waals surface area contributed by atoms with E-state index in [4.69, 9.17) is 16.1 Å². The molecule has 0 unspecified atom stereocenters. The monoisotopic (exact) mass is 231 g/mol. The number of carbonyl (C=O) groups excluding carboxylic acids is 1. The molecule has 0 aliphatic heterocycles. The normalized spacial score (nSPS) is 10.4. The number of nitrogens with two attached hydrogens (primary N) is 1. The molecule has 0 heterocycles. The van der Waals surface area contributed by atoms with Crippen molar-refractivity contribution in [3.8, 4) is 6.07 Å². The number of carboxylic acid groups (broad SMARTS) is 1. The van der Waals surface area contributed by atoms with Gasteiger partial charge in [0.15, 0.2) is 0 Å². The molecular formula is C11H9N3O3. The zero-order valence-corrected chi connectivity index (χ0v) is 8.68. The Morgan fingerprint density at radius 3 is 2.59 bits per heavy atom. The quantitative estimate of drug-likeness (QED) is 0.520. The molecule has 0 aliphatic carbocycles. The molecule has 0 atom stereocenters. The van der Waals surface area contributed by atoms with Crippen molar-refractivity contribution in [2.45, 2.75) is 0 Å². The fourth-order valence-corrected chi connectivity index (χ4v) is 1.10. The fourth-order valence-electron chi connectivity index (χ4n) is 1.10. The van der Waals surface area contributed by atoms with Crippen LogP contribution in [0.25, 0.3) is 0 Å². The lowest BCUT2D eigenvalue weighted by molar-refractivity contribution is -0.114. The van der Waals surface area contributed by atoms with Crippen molar-refractivity contribution in [3.63, 3.8) is 0 Å². The number of amides is 1. The summed E-state index contributed by atoms with van der Waals surface area (Å²) in [5.41, 5.74) is 4.94. The second-order valence-electron chi connectivity index (χ2n) is 3.03. The smallest absolute Gasteiger partial charge is 0.337 e. The first-order valence-corrected chi connectivity index (χ1v) is 4.55. The summed E-state index contributed by atoms with van der Waals surface area (Å²) in [6, 6.07) is 7.70. The molecule has 1 aromatic carbocycles. The molecule has 0 aromatic heterocycles. The summed E-state index contributed by atoms with van der Waals surface area (Å²) in [6.45, 7) is 0. The van der Waals surface area contributed by atoms with Gasteiger partial charge >= 0.3 is 5.97 Å². The molecule has 0 bridgehead atoms. The molecule has 0 aliphatic rings. The summed E-state index contributed by atoms with van der Waals surface area (Å²) in [5.74, 6) is -1.99. The van der Waals surface area contributed by atoms with Crippen LogP contribution in [-0.4, -0.2) is 17.0 Å². The predicted molar refractivity (Wildman–Crippen MR) is 59.9 cm³/mol. The van der Waals surface area contributed by atoms with Gasteiger partial charge < -0.3 is 16.2 Å². The molecular weight excluding hydrogens is 222 g/mol. The van der Waals surface area contributed by atoms with Crippen molar-refractivity contribution in [2.24, 2.45) is 5.73 Å². The Kier molecular flexibility index (Phi) is 3.84. The molecule has 1 amide bonds. The van der Waals surface area contributed by atoms with Gasteiger partial charge in [-0.2, -0.15) is 5.26 Å². The minimum Gasteiger partial charge on any atom is -0.478 e. The van der Waals surface area contributed by atoms with Crippen LogP contribution in [0.5, 0.6) is 0 Å². The number of benzene rings is 1. The summed E-state index contributed by atoms with van der Waals surface area (Å²) in [7, 11) is 0. The van der Waals surface area contributed by atoms with E-state index in [1.54, 1.807) is 18.2 Å². The van der Waals surface area contributed by atoms with Gasteiger partial charge in [-0.25, -0.2) is 4.79 Å². The van der Waals surface area contributed by atoms with Crippen LogP contribution in [0.1, 0.15) is 10.4 Å². The first kappa shape index (κ1) is 12.3. The maximum Gasteiger partial charge on any atom is 0.337 e. The Morgan fingerprint density at radius 2 is 2.06 bits per heavy atom. The molecule has 0 radical (unpaired) electrons. The van der Waals surface area contributed by atoms with Crippen molar-refractivity contribution >= 4 is 17.6 Å². The molecule has 6 nitrogen and oxygen atoms in total. The summed E-state index contributed by atoms with van der Waals surface area (Å²) in [5, 5.41) is 20.0. The Morgan fingerprint density at radius 1 is 1.41 bits per heavy atom. The van der Waals surface area contributed by atoms with Gasteiger partial charge in [-0.1, -0.05) is 12.1 Å². The summed E-state index contributed by atoms with van der Waals surface area (Å²) < 4.78 is 0. The lowest BCUT2D eigenvalue weighted by Crippen LogP contribution is -2.14. The van der Waals surface area contributed by atoms with Crippen LogP contribution in [0.4, 0.5) is 5.69 Å². The van der Waals surface area contributed by atoms with Gasteiger partial charge in [0.1, 0.15) is 11.6 Å². The minimum atomic E-state index is -1.11. The van der Waals surface area contributed by atoms with Crippen molar-refractivity contribution < 1.29 is 14.7 Å². The summed E-state index contributed by atoms with van der Waals surface area (Å²) in [6.07, 6.45) is 1.07. The van der Waals surface area contributed by atoms with Crippen molar-refractivity contribution in [1.82, 2.24) is 0 Å². The van der Waals surface area contributed by atoms with Gasteiger partial charge in [0.25, 0.3) is 5.91 Å². The standard InChI is InChI=1S/C11H9N3O3/c12-5-7(10(13)15)6-14-9-4-2-1-3-8(9)11(16)17/h1-4,6,14H,(H2,13,15)(H,16,17)/b7-6+. The molecule has 0 saturated heterocycles. The van der Waals surface area contributed by atoms with Crippen molar-refractivity contribution in [1.29, 1.82) is 5.26 Å². The van der Waals surface area contributed by atoms with E-state index < -0.39 is 11.9 Å². The van der Waals surface area contributed by atoms with Gasteiger partial charge in [-0.15, -0.1) is 0 Å². The average Bonchev–Trinajstić information content (AvgIpc) is 2.29. The molecule has 0 spiro atoms. The molecule has 1 rings (SSSR count). The number of carbonyl (C=O) groups is 2. The van der Waals surface area contributed by atoms with Crippen molar-refractivity contribution in [3.05, 3.63) is 41.6 Å². The first-order valence-electron chi connectivity index (χ1n) is 4.55. The second-order valence-corrected chi connectivity index (χ2v) is 3.03. The van der Waals surface area contributed by atoms with Crippen LogP contribution in [0.2, 0.25) is 0 Å². The van der Waals surface area contributed by atoms with E-state index >= 15 is 0 Å². The number of nitrogens with one attached hydrogen (secondary N) is 1. The SMILES string of the molecule is N#C/C(=C\Nc1ccccc1C(=O)O)C(N)=O. The molecule has 0 saturated carbocycles. The van der Waals surface area contributed by atoms with Gasteiger partial charge in [-0.3, -0.25) is 4.79 Å². The third-order valence-electron chi connectivity index (χ3n) is 1.92. The highest BCUT2D eigenvalue weighted by molar-refractivity contribution is 5.97. The molecule has 86 valence electrons. The Balaban J connectivity index is 3.01. The Bertz CT molecular complexity index is 529. The predicted octanol–water partition coefficient (Wildman–Crippen LogP) is 0.689. The van der Waals surface area contributed by atoms with E-state index in [1.807, 2.05) is 0 Å². The van der Waals surface area contributed by atoms with E-state index in [1.165, 1.54) is 12.1 Å². The third kappa shape index (κ3) is 3.07. The van der Waals surface area contributed by atoms with E-state index in [9.17, 15) is 9.59 Å². The van der Waals surface area contributed by atoms with Crippen LogP contribution in [0, 0.1) is 11.3 Å². The number of aromatic carboxylic acids is 1. The van der Waals surface area contributed by atoms with Crippen LogP contribution >= 0.6 is 0 Å². The number of hydrogen-bond donors (Lipinski definition) is 3. The van der Waals surface area contributed by atoms with Gasteiger partial charge in [0, 0.05) is 6.20 Å². The van der Waals surface area contributed by atoms with Crippen LogP contribution in [0.15, 0.2) is 36.0 Å². The van der Waals surface area contributed by atoms with E-state index in [2.05, 4.69) is 5.32 Å². The number of para-hydroxylation sites is 1.